The van der Waals surface area contributed by atoms with E-state index >= 15 is 0 Å². The molecule has 4 nitrogen and oxygen atoms in total. The first-order valence-corrected chi connectivity index (χ1v) is 6.53. The summed E-state index contributed by atoms with van der Waals surface area (Å²) in [6.45, 7) is 0. The fourth-order valence-electron chi connectivity index (χ4n) is 2.10. The van der Waals surface area contributed by atoms with E-state index < -0.39 is 0 Å². The average Bonchev–Trinajstić information content (AvgIpc) is 2.54. The highest BCUT2D eigenvalue weighted by Crippen LogP contribution is 2.35. The summed E-state index contributed by atoms with van der Waals surface area (Å²) in [5.41, 5.74) is 2.36. The van der Waals surface area contributed by atoms with Crippen molar-refractivity contribution in [2.45, 2.75) is 0 Å². The summed E-state index contributed by atoms with van der Waals surface area (Å²) >= 11 is 0. The molecule has 3 aromatic rings. The molecule has 104 valence electrons. The van der Waals surface area contributed by atoms with Gasteiger partial charge in [0.25, 0.3) is 0 Å². The second-order valence-electron chi connectivity index (χ2n) is 4.54. The second-order valence-corrected chi connectivity index (χ2v) is 4.54. The lowest BCUT2D eigenvalue weighted by molar-refractivity contribution is 0.374. The number of hydrogen-bond donors (Lipinski definition) is 1. The third-order valence-corrected chi connectivity index (χ3v) is 3.18. The van der Waals surface area contributed by atoms with Gasteiger partial charge in [0, 0.05) is 17.8 Å². The lowest BCUT2D eigenvalue weighted by Crippen LogP contribution is -1.85. The summed E-state index contributed by atoms with van der Waals surface area (Å²) in [5.74, 6) is 0.450. The number of phenolic OH excluding ortho intramolecular Hbond substituents is 1. The van der Waals surface area contributed by atoms with Crippen molar-refractivity contribution in [3.8, 4) is 11.5 Å². The van der Waals surface area contributed by atoms with E-state index in [0.717, 1.165) is 16.5 Å². The molecule has 0 amide bonds. The van der Waals surface area contributed by atoms with Gasteiger partial charge in [0.2, 0.25) is 0 Å². The number of para-hydroxylation sites is 1. The van der Waals surface area contributed by atoms with Gasteiger partial charge in [-0.25, -0.2) is 0 Å². The van der Waals surface area contributed by atoms with E-state index in [2.05, 4.69) is 9.98 Å². The minimum atomic E-state index is 0.0405. The van der Waals surface area contributed by atoms with Crippen LogP contribution in [0, 0.1) is 0 Å². The van der Waals surface area contributed by atoms with Gasteiger partial charge in [-0.1, -0.05) is 18.2 Å². The lowest BCUT2D eigenvalue weighted by Gasteiger charge is -2.04. The monoisotopic (exact) mass is 278 g/mol. The van der Waals surface area contributed by atoms with E-state index in [1.54, 1.807) is 30.6 Å². The molecule has 1 N–H and O–H groups in total. The molecular weight excluding hydrogens is 264 g/mol. The molecule has 0 aliphatic heterocycles. The minimum Gasteiger partial charge on any atom is -0.503 e. The Balaban J connectivity index is 1.94. The van der Waals surface area contributed by atoms with Crippen LogP contribution < -0.4 is 4.74 Å². The van der Waals surface area contributed by atoms with Crippen molar-refractivity contribution in [1.29, 1.82) is 0 Å². The van der Waals surface area contributed by atoms with Crippen molar-refractivity contribution >= 4 is 22.8 Å². The number of rotatable bonds is 3. The molecule has 0 radical (unpaired) electrons. The van der Waals surface area contributed by atoms with Gasteiger partial charge in [-0.05, 0) is 35.9 Å². The summed E-state index contributed by atoms with van der Waals surface area (Å²) in [7, 11) is 1.51. The zero-order valence-electron chi connectivity index (χ0n) is 11.5. The molecule has 4 heteroatoms. The molecule has 0 saturated heterocycles. The predicted octanol–water partition coefficient (Wildman–Crippen LogP) is 3.70. The number of phenols is 1. The zero-order valence-corrected chi connectivity index (χ0v) is 11.5. The number of benzene rings is 2. The Hall–Kier alpha value is -2.88. The van der Waals surface area contributed by atoms with Crippen LogP contribution in [0.3, 0.4) is 0 Å². The molecule has 0 unspecified atom stereocenters. The van der Waals surface area contributed by atoms with Gasteiger partial charge in [-0.2, -0.15) is 0 Å². The van der Waals surface area contributed by atoms with Crippen LogP contribution in [-0.4, -0.2) is 23.4 Å². The van der Waals surface area contributed by atoms with Crippen molar-refractivity contribution in [2.24, 2.45) is 4.99 Å². The molecule has 0 atom stereocenters. The zero-order chi connectivity index (χ0) is 14.7. The summed E-state index contributed by atoms with van der Waals surface area (Å²) in [6.07, 6.45) is 3.48. The van der Waals surface area contributed by atoms with Crippen LogP contribution in [0.4, 0.5) is 5.69 Å². The number of aromatic hydroxyl groups is 1. The van der Waals surface area contributed by atoms with Crippen LogP contribution in [0.1, 0.15) is 5.56 Å². The van der Waals surface area contributed by atoms with Crippen LogP contribution >= 0.6 is 0 Å². The molecular formula is C17H14N2O2. The number of ether oxygens (including phenoxy) is 1. The van der Waals surface area contributed by atoms with E-state index in [9.17, 15) is 5.11 Å². The van der Waals surface area contributed by atoms with Crippen LogP contribution in [0.5, 0.6) is 11.5 Å². The normalized spacial score (nSPS) is 11.1. The first-order valence-electron chi connectivity index (χ1n) is 6.53. The molecule has 0 aliphatic carbocycles. The van der Waals surface area contributed by atoms with Gasteiger partial charge in [-0.15, -0.1) is 0 Å². The average molecular weight is 278 g/mol. The number of pyridine rings is 1. The number of hydrogen-bond acceptors (Lipinski definition) is 4. The topological polar surface area (TPSA) is 54.7 Å². The van der Waals surface area contributed by atoms with E-state index in [0.29, 0.717) is 11.4 Å². The fraction of sp³-hybridized carbons (Fsp3) is 0.0588. The number of nitrogens with zero attached hydrogens (tertiary/aromatic N) is 2. The standard InChI is InChI=1S/C17H14N2O2/c1-21-16-6-2-5-15(17(16)20)19-11-12-7-8-14-13(10-12)4-3-9-18-14/h2-11,20H,1H3. The van der Waals surface area contributed by atoms with E-state index in [4.69, 9.17) is 4.74 Å². The van der Waals surface area contributed by atoms with Crippen molar-refractivity contribution in [3.63, 3.8) is 0 Å². The summed E-state index contributed by atoms with van der Waals surface area (Å²) in [5, 5.41) is 11.0. The number of aromatic nitrogens is 1. The quantitative estimate of drug-likeness (QED) is 0.743. The lowest BCUT2D eigenvalue weighted by atomic mass is 10.1. The van der Waals surface area contributed by atoms with Crippen LogP contribution in [0.25, 0.3) is 10.9 Å². The third-order valence-electron chi connectivity index (χ3n) is 3.18. The first-order chi connectivity index (χ1) is 10.3. The smallest absolute Gasteiger partial charge is 0.183 e. The Kier molecular flexibility index (Phi) is 3.51. The molecule has 0 bridgehead atoms. The maximum absolute atomic E-state index is 9.99. The number of fused-ring (bicyclic) bond motifs is 1. The van der Waals surface area contributed by atoms with Gasteiger partial charge in [0.05, 0.1) is 12.6 Å². The Morgan fingerprint density at radius 1 is 1.14 bits per heavy atom. The molecule has 21 heavy (non-hydrogen) atoms. The highest BCUT2D eigenvalue weighted by molar-refractivity contribution is 5.90. The first kappa shape index (κ1) is 13.1. The Morgan fingerprint density at radius 2 is 2.05 bits per heavy atom. The summed E-state index contributed by atoms with van der Waals surface area (Å²) in [6, 6.07) is 15.0. The van der Waals surface area contributed by atoms with Gasteiger partial charge < -0.3 is 9.84 Å². The Morgan fingerprint density at radius 3 is 2.90 bits per heavy atom. The van der Waals surface area contributed by atoms with Gasteiger partial charge in [-0.3, -0.25) is 9.98 Å². The van der Waals surface area contributed by atoms with Crippen molar-refractivity contribution < 1.29 is 9.84 Å². The molecule has 2 aromatic carbocycles. The van der Waals surface area contributed by atoms with Crippen LogP contribution in [-0.2, 0) is 0 Å². The van der Waals surface area contributed by atoms with Crippen molar-refractivity contribution in [2.75, 3.05) is 7.11 Å². The highest BCUT2D eigenvalue weighted by atomic mass is 16.5. The maximum Gasteiger partial charge on any atom is 0.183 e. The predicted molar refractivity (Wildman–Crippen MR) is 83.7 cm³/mol. The molecule has 1 heterocycles. The van der Waals surface area contributed by atoms with E-state index in [-0.39, 0.29) is 5.75 Å². The molecule has 1 aromatic heterocycles. The Bertz CT molecular complexity index is 813. The van der Waals surface area contributed by atoms with Gasteiger partial charge >= 0.3 is 0 Å². The Labute approximate surface area is 122 Å². The third kappa shape index (κ3) is 2.69. The molecule has 3 rings (SSSR count). The van der Waals surface area contributed by atoms with Crippen molar-refractivity contribution in [3.05, 3.63) is 60.3 Å². The minimum absolute atomic E-state index is 0.0405. The SMILES string of the molecule is COc1cccc(N=Cc2ccc3ncccc3c2)c1O. The van der Waals surface area contributed by atoms with E-state index in [1.807, 2.05) is 30.3 Å². The summed E-state index contributed by atoms with van der Waals surface area (Å²) in [4.78, 5) is 8.59. The van der Waals surface area contributed by atoms with Gasteiger partial charge in [0.15, 0.2) is 11.5 Å². The van der Waals surface area contributed by atoms with Crippen LogP contribution in [0.15, 0.2) is 59.7 Å². The molecule has 0 saturated carbocycles. The van der Waals surface area contributed by atoms with Crippen molar-refractivity contribution in [1.82, 2.24) is 4.98 Å². The second kappa shape index (κ2) is 5.63. The maximum atomic E-state index is 9.99. The number of methoxy groups -OCH3 is 1. The molecule has 0 spiro atoms. The van der Waals surface area contributed by atoms with Gasteiger partial charge in [0.1, 0.15) is 5.69 Å². The fourth-order valence-corrected chi connectivity index (χ4v) is 2.10. The summed E-state index contributed by atoms with van der Waals surface area (Å²) < 4.78 is 5.06. The number of aliphatic imine (C=N–C) groups is 1. The molecule has 0 fully saturated rings. The highest BCUT2D eigenvalue weighted by Gasteiger charge is 2.05. The molecule has 0 aliphatic rings. The largest absolute Gasteiger partial charge is 0.503 e. The van der Waals surface area contributed by atoms with Crippen LogP contribution in [0.2, 0.25) is 0 Å². The van der Waals surface area contributed by atoms with E-state index in [1.165, 1.54) is 7.11 Å².